The van der Waals surface area contributed by atoms with Gasteiger partial charge in [0.05, 0.1) is 6.10 Å². The third-order valence-corrected chi connectivity index (χ3v) is 1.91. The summed E-state index contributed by atoms with van der Waals surface area (Å²) in [5.74, 6) is 0.738. The number of rotatable bonds is 4. The molecule has 3 heteroatoms. The van der Waals surface area contributed by atoms with E-state index >= 15 is 0 Å². The average molecular weight is 221 g/mol. The summed E-state index contributed by atoms with van der Waals surface area (Å²) in [5.41, 5.74) is 0.657. The van der Waals surface area contributed by atoms with Gasteiger partial charge in [0.2, 0.25) is 0 Å². The van der Waals surface area contributed by atoms with Crippen molar-refractivity contribution in [1.29, 1.82) is 0 Å². The Morgan fingerprint density at radius 3 is 2.12 bits per heavy atom. The third-order valence-electron chi connectivity index (χ3n) is 1.91. The van der Waals surface area contributed by atoms with Gasteiger partial charge in [-0.3, -0.25) is 4.79 Å². The van der Waals surface area contributed by atoms with Crippen molar-refractivity contribution < 1.29 is 9.53 Å². The molecule has 0 saturated heterocycles. The minimum absolute atomic E-state index is 0.0499. The molecule has 0 fully saturated rings. The van der Waals surface area contributed by atoms with E-state index in [-0.39, 0.29) is 18.1 Å². The summed E-state index contributed by atoms with van der Waals surface area (Å²) >= 11 is 0. The van der Waals surface area contributed by atoms with E-state index in [0.29, 0.717) is 5.56 Å². The molecule has 0 unspecified atom stereocenters. The Morgan fingerprint density at radius 1 is 1.12 bits per heavy atom. The van der Waals surface area contributed by atoms with E-state index in [9.17, 15) is 4.79 Å². The quantitative estimate of drug-likeness (QED) is 0.848. The van der Waals surface area contributed by atoms with Crippen LogP contribution in [-0.4, -0.2) is 18.1 Å². The molecule has 0 heterocycles. The lowest BCUT2D eigenvalue weighted by Crippen LogP contribution is -2.29. The highest BCUT2D eigenvalue weighted by molar-refractivity contribution is 5.94. The van der Waals surface area contributed by atoms with E-state index in [2.05, 4.69) is 5.32 Å². The fraction of sp³-hybridized carbons (Fsp3) is 0.462. The largest absolute Gasteiger partial charge is 0.491 e. The number of hydrogen-bond acceptors (Lipinski definition) is 2. The molecule has 1 N–H and O–H groups in total. The van der Waals surface area contributed by atoms with E-state index in [4.69, 9.17) is 4.74 Å². The second-order valence-corrected chi connectivity index (χ2v) is 4.32. The lowest BCUT2D eigenvalue weighted by atomic mass is 10.2. The molecule has 0 aliphatic heterocycles. The van der Waals surface area contributed by atoms with Crippen molar-refractivity contribution in [2.24, 2.45) is 0 Å². The van der Waals surface area contributed by atoms with E-state index in [1.54, 1.807) is 12.1 Å². The maximum Gasteiger partial charge on any atom is 0.251 e. The summed E-state index contributed by atoms with van der Waals surface area (Å²) in [6.45, 7) is 7.82. The molecular formula is C13H19NO2. The van der Waals surface area contributed by atoms with E-state index in [1.165, 1.54) is 0 Å². The van der Waals surface area contributed by atoms with Crippen LogP contribution < -0.4 is 10.1 Å². The number of ether oxygens (including phenoxy) is 1. The Bertz CT molecular complexity index is 341. The van der Waals surface area contributed by atoms with Gasteiger partial charge in [0, 0.05) is 11.6 Å². The normalized spacial score (nSPS) is 10.6. The molecule has 1 aromatic rings. The Hall–Kier alpha value is -1.51. The van der Waals surface area contributed by atoms with Crippen molar-refractivity contribution in [3.8, 4) is 5.75 Å². The van der Waals surface area contributed by atoms with Gasteiger partial charge in [0.25, 0.3) is 5.91 Å². The monoisotopic (exact) mass is 221 g/mol. The van der Waals surface area contributed by atoms with Crippen LogP contribution in [0, 0.1) is 0 Å². The lowest BCUT2D eigenvalue weighted by Gasteiger charge is -2.11. The Balaban J connectivity index is 2.67. The molecule has 88 valence electrons. The van der Waals surface area contributed by atoms with Crippen molar-refractivity contribution >= 4 is 5.91 Å². The minimum Gasteiger partial charge on any atom is -0.491 e. The molecule has 1 amide bonds. The Kier molecular flexibility index (Phi) is 4.35. The second-order valence-electron chi connectivity index (χ2n) is 4.32. The first-order valence-corrected chi connectivity index (χ1v) is 5.56. The highest BCUT2D eigenvalue weighted by Gasteiger charge is 2.06. The number of benzene rings is 1. The number of hydrogen-bond donors (Lipinski definition) is 1. The summed E-state index contributed by atoms with van der Waals surface area (Å²) in [6, 6.07) is 7.33. The minimum atomic E-state index is -0.0499. The number of carbonyl (C=O) groups excluding carboxylic acids is 1. The molecule has 1 aromatic carbocycles. The first kappa shape index (κ1) is 12.6. The molecule has 0 radical (unpaired) electrons. The Morgan fingerprint density at radius 2 is 1.69 bits per heavy atom. The summed E-state index contributed by atoms with van der Waals surface area (Å²) in [7, 11) is 0. The molecule has 0 atom stereocenters. The first-order valence-electron chi connectivity index (χ1n) is 5.56. The van der Waals surface area contributed by atoms with Crippen LogP contribution >= 0.6 is 0 Å². The average Bonchev–Trinajstić information content (AvgIpc) is 2.16. The summed E-state index contributed by atoms with van der Waals surface area (Å²) in [5, 5.41) is 2.84. The first-order chi connectivity index (χ1) is 7.49. The zero-order valence-corrected chi connectivity index (χ0v) is 10.3. The van der Waals surface area contributed by atoms with E-state index < -0.39 is 0 Å². The topological polar surface area (TPSA) is 38.3 Å². The van der Waals surface area contributed by atoms with Crippen LogP contribution in [0.4, 0.5) is 0 Å². The highest BCUT2D eigenvalue weighted by atomic mass is 16.5. The smallest absolute Gasteiger partial charge is 0.251 e. The van der Waals surface area contributed by atoms with E-state index in [1.807, 2.05) is 39.8 Å². The van der Waals surface area contributed by atoms with Crippen LogP contribution in [0.2, 0.25) is 0 Å². The molecule has 1 rings (SSSR count). The van der Waals surface area contributed by atoms with Crippen LogP contribution in [0.5, 0.6) is 5.75 Å². The summed E-state index contributed by atoms with van der Waals surface area (Å²) < 4.78 is 5.50. The number of amides is 1. The molecular weight excluding hydrogens is 202 g/mol. The van der Waals surface area contributed by atoms with Crippen LogP contribution in [0.15, 0.2) is 24.3 Å². The van der Waals surface area contributed by atoms with Gasteiger partial charge in [-0.15, -0.1) is 0 Å². The molecule has 0 aliphatic carbocycles. The standard InChI is InChI=1S/C13H19NO2/c1-9(2)14-13(15)11-5-7-12(8-6-11)16-10(3)4/h5-10H,1-4H3,(H,14,15). The van der Waals surface area contributed by atoms with Crippen LogP contribution in [0.3, 0.4) is 0 Å². The zero-order valence-electron chi connectivity index (χ0n) is 10.3. The van der Waals surface area contributed by atoms with Gasteiger partial charge in [0.1, 0.15) is 5.75 Å². The summed E-state index contributed by atoms with van der Waals surface area (Å²) in [4.78, 5) is 11.6. The van der Waals surface area contributed by atoms with Gasteiger partial charge >= 0.3 is 0 Å². The molecule has 0 aliphatic rings. The SMILES string of the molecule is CC(C)NC(=O)c1ccc(OC(C)C)cc1. The molecule has 0 spiro atoms. The third kappa shape index (κ3) is 3.93. The van der Waals surface area contributed by atoms with E-state index in [0.717, 1.165) is 5.75 Å². The molecule has 3 nitrogen and oxygen atoms in total. The van der Waals surface area contributed by atoms with Crippen molar-refractivity contribution in [1.82, 2.24) is 5.32 Å². The van der Waals surface area contributed by atoms with Gasteiger partial charge in [0.15, 0.2) is 0 Å². The van der Waals surface area contributed by atoms with Crippen molar-refractivity contribution in [2.75, 3.05) is 0 Å². The zero-order chi connectivity index (χ0) is 12.1. The number of carbonyl (C=O) groups is 1. The fourth-order valence-electron chi connectivity index (χ4n) is 1.30. The maximum absolute atomic E-state index is 11.6. The van der Waals surface area contributed by atoms with Gasteiger partial charge in [-0.1, -0.05) is 0 Å². The number of nitrogens with one attached hydrogen (secondary N) is 1. The van der Waals surface area contributed by atoms with Crippen molar-refractivity contribution in [3.05, 3.63) is 29.8 Å². The summed E-state index contributed by atoms with van der Waals surface area (Å²) in [6.07, 6.45) is 0.148. The van der Waals surface area contributed by atoms with Crippen LogP contribution in [0.1, 0.15) is 38.1 Å². The van der Waals surface area contributed by atoms with Crippen molar-refractivity contribution in [2.45, 2.75) is 39.8 Å². The van der Waals surface area contributed by atoms with Crippen LogP contribution in [-0.2, 0) is 0 Å². The predicted molar refractivity (Wildman–Crippen MR) is 64.8 cm³/mol. The lowest BCUT2D eigenvalue weighted by molar-refractivity contribution is 0.0943. The van der Waals surface area contributed by atoms with Crippen molar-refractivity contribution in [3.63, 3.8) is 0 Å². The van der Waals surface area contributed by atoms with Gasteiger partial charge in [-0.2, -0.15) is 0 Å². The maximum atomic E-state index is 11.6. The predicted octanol–water partition coefficient (Wildman–Crippen LogP) is 2.61. The molecule has 0 aromatic heterocycles. The van der Waals surface area contributed by atoms with Gasteiger partial charge in [-0.25, -0.2) is 0 Å². The molecule has 16 heavy (non-hydrogen) atoms. The van der Waals surface area contributed by atoms with Crippen LogP contribution in [0.25, 0.3) is 0 Å². The molecule has 0 saturated carbocycles. The van der Waals surface area contributed by atoms with Gasteiger partial charge < -0.3 is 10.1 Å². The van der Waals surface area contributed by atoms with Gasteiger partial charge in [-0.05, 0) is 52.0 Å². The second kappa shape index (κ2) is 5.54. The Labute approximate surface area is 96.8 Å². The highest BCUT2D eigenvalue weighted by Crippen LogP contribution is 2.13. The fourth-order valence-corrected chi connectivity index (χ4v) is 1.30. The molecule has 0 bridgehead atoms.